The molecule has 1 aromatic carbocycles. The lowest BCUT2D eigenvalue weighted by atomic mass is 9.97. The van der Waals surface area contributed by atoms with E-state index in [0.717, 1.165) is 23.3 Å². The fraction of sp³-hybridized carbons (Fsp3) is 0.500. The van der Waals surface area contributed by atoms with E-state index in [9.17, 15) is 14.4 Å². The largest absolute Gasteiger partial charge is 0.352 e. The molecule has 0 radical (unpaired) electrons. The van der Waals surface area contributed by atoms with Gasteiger partial charge < -0.3 is 16.4 Å². The highest BCUT2D eigenvalue weighted by atomic mass is 35.5. The van der Waals surface area contributed by atoms with Crippen LogP contribution in [0.4, 0.5) is 4.79 Å². The number of hydrogen-bond donors (Lipinski definition) is 3. The van der Waals surface area contributed by atoms with Crippen LogP contribution >= 0.6 is 12.4 Å². The molecule has 26 heavy (non-hydrogen) atoms. The normalized spacial score (nSPS) is 20.5. The standard InChI is InChI=1S/C18H24N4O3.ClH/c1-12(15(23)20-11-14(19)13-7-3-2-4-8-13)22-16(24)18(21-17(22)25)9-5-6-10-18;/h2-4,7-8,12,14H,5-6,9-11,19H2,1H3,(H,20,23)(H,21,25);1H. The minimum atomic E-state index is -0.865. The van der Waals surface area contributed by atoms with E-state index in [2.05, 4.69) is 10.6 Å². The summed E-state index contributed by atoms with van der Waals surface area (Å²) in [5.74, 6) is -0.671. The maximum Gasteiger partial charge on any atom is 0.325 e. The third-order valence-corrected chi connectivity index (χ3v) is 5.14. The number of imide groups is 1. The predicted octanol–water partition coefficient (Wildman–Crippen LogP) is 1.48. The van der Waals surface area contributed by atoms with Crippen LogP contribution in [0.25, 0.3) is 0 Å². The van der Waals surface area contributed by atoms with Gasteiger partial charge in [0.2, 0.25) is 5.91 Å². The second kappa shape index (κ2) is 8.05. The van der Waals surface area contributed by atoms with E-state index in [1.54, 1.807) is 6.92 Å². The van der Waals surface area contributed by atoms with Gasteiger partial charge in [-0.2, -0.15) is 0 Å². The summed E-state index contributed by atoms with van der Waals surface area (Å²) in [6.07, 6.45) is 3.10. The summed E-state index contributed by atoms with van der Waals surface area (Å²) in [5, 5.41) is 5.53. The number of urea groups is 1. The van der Waals surface area contributed by atoms with Crippen LogP contribution in [0.15, 0.2) is 30.3 Å². The number of amides is 4. The molecular weight excluding hydrogens is 356 g/mol. The lowest BCUT2D eigenvalue weighted by molar-refractivity contribution is -0.137. The fourth-order valence-electron chi connectivity index (χ4n) is 3.60. The Balaban J connectivity index is 0.00000243. The molecule has 2 atom stereocenters. The molecule has 0 bridgehead atoms. The second-order valence-corrected chi connectivity index (χ2v) is 6.83. The van der Waals surface area contributed by atoms with Crippen molar-refractivity contribution in [2.75, 3.05) is 6.54 Å². The quantitative estimate of drug-likeness (QED) is 0.673. The Labute approximate surface area is 159 Å². The maximum absolute atomic E-state index is 12.7. The van der Waals surface area contributed by atoms with Gasteiger partial charge in [-0.25, -0.2) is 9.69 Å². The van der Waals surface area contributed by atoms with E-state index < -0.39 is 17.6 Å². The summed E-state index contributed by atoms with van der Waals surface area (Å²) in [4.78, 5) is 38.4. The van der Waals surface area contributed by atoms with Gasteiger partial charge in [-0.1, -0.05) is 43.2 Å². The van der Waals surface area contributed by atoms with Crippen LogP contribution in [0.2, 0.25) is 0 Å². The molecule has 2 aliphatic rings. The highest BCUT2D eigenvalue weighted by Crippen LogP contribution is 2.35. The summed E-state index contributed by atoms with van der Waals surface area (Å²) < 4.78 is 0. The summed E-state index contributed by atoms with van der Waals surface area (Å²) in [6.45, 7) is 1.80. The molecular formula is C18H25ClN4O3. The van der Waals surface area contributed by atoms with E-state index >= 15 is 0 Å². The third kappa shape index (κ3) is 3.68. The molecule has 1 saturated carbocycles. The Morgan fingerprint density at radius 2 is 1.88 bits per heavy atom. The van der Waals surface area contributed by atoms with Crippen LogP contribution in [0.1, 0.15) is 44.2 Å². The lowest BCUT2D eigenvalue weighted by Crippen LogP contribution is -2.50. The first-order valence-corrected chi connectivity index (χ1v) is 8.69. The van der Waals surface area contributed by atoms with Crippen LogP contribution in [-0.2, 0) is 9.59 Å². The number of nitrogens with one attached hydrogen (secondary N) is 2. The van der Waals surface area contributed by atoms with Crippen LogP contribution in [0, 0.1) is 0 Å². The molecule has 1 saturated heterocycles. The predicted molar refractivity (Wildman–Crippen MR) is 99.7 cm³/mol. The molecule has 3 rings (SSSR count). The van der Waals surface area contributed by atoms with Gasteiger partial charge in [0.25, 0.3) is 5.91 Å². The second-order valence-electron chi connectivity index (χ2n) is 6.83. The number of halogens is 1. The minimum Gasteiger partial charge on any atom is -0.352 e. The third-order valence-electron chi connectivity index (χ3n) is 5.14. The molecule has 2 unspecified atom stereocenters. The SMILES string of the molecule is CC(C(=O)NCC(N)c1ccccc1)N1C(=O)NC2(CCCC2)C1=O.Cl. The van der Waals surface area contributed by atoms with E-state index in [0.29, 0.717) is 12.8 Å². The van der Waals surface area contributed by atoms with Gasteiger partial charge in [-0.3, -0.25) is 9.59 Å². The molecule has 1 aromatic rings. The smallest absolute Gasteiger partial charge is 0.325 e. The van der Waals surface area contributed by atoms with Gasteiger partial charge in [-0.15, -0.1) is 12.4 Å². The first-order chi connectivity index (χ1) is 11.9. The van der Waals surface area contributed by atoms with Crippen molar-refractivity contribution in [2.24, 2.45) is 5.73 Å². The summed E-state index contributed by atoms with van der Waals surface area (Å²) in [7, 11) is 0. The molecule has 1 heterocycles. The van der Waals surface area contributed by atoms with Crippen molar-refractivity contribution in [3.8, 4) is 0 Å². The first kappa shape index (κ1) is 20.2. The molecule has 1 aliphatic heterocycles. The number of carbonyl (C=O) groups is 3. The number of nitrogens with zero attached hydrogens (tertiary/aromatic N) is 1. The van der Waals surface area contributed by atoms with Crippen LogP contribution < -0.4 is 16.4 Å². The van der Waals surface area contributed by atoms with E-state index in [-0.39, 0.29) is 36.8 Å². The number of benzene rings is 1. The Morgan fingerprint density at radius 1 is 1.27 bits per heavy atom. The minimum absolute atomic E-state index is 0. The van der Waals surface area contributed by atoms with Crippen molar-refractivity contribution in [1.82, 2.24) is 15.5 Å². The Kier molecular flexibility index (Phi) is 6.26. The zero-order valence-electron chi connectivity index (χ0n) is 14.7. The Morgan fingerprint density at radius 3 is 2.50 bits per heavy atom. The molecule has 4 amide bonds. The molecule has 4 N–H and O–H groups in total. The molecule has 7 nitrogen and oxygen atoms in total. The monoisotopic (exact) mass is 380 g/mol. The van der Waals surface area contributed by atoms with Crippen molar-refractivity contribution in [3.63, 3.8) is 0 Å². The van der Waals surface area contributed by atoms with Crippen molar-refractivity contribution in [2.45, 2.75) is 50.2 Å². The van der Waals surface area contributed by atoms with Gasteiger partial charge in [0.1, 0.15) is 11.6 Å². The highest BCUT2D eigenvalue weighted by molar-refractivity contribution is 6.09. The molecule has 8 heteroatoms. The van der Waals surface area contributed by atoms with Crippen LogP contribution in [0.3, 0.4) is 0 Å². The van der Waals surface area contributed by atoms with Crippen LogP contribution in [-0.4, -0.2) is 40.9 Å². The highest BCUT2D eigenvalue weighted by Gasteiger charge is 2.54. The maximum atomic E-state index is 12.7. The number of rotatable bonds is 5. The van der Waals surface area contributed by atoms with Gasteiger partial charge >= 0.3 is 6.03 Å². The number of carbonyl (C=O) groups excluding carboxylic acids is 3. The van der Waals surface area contributed by atoms with Crippen molar-refractivity contribution < 1.29 is 14.4 Å². The number of hydrogen-bond acceptors (Lipinski definition) is 4. The van der Waals surface area contributed by atoms with Crippen molar-refractivity contribution >= 4 is 30.3 Å². The van der Waals surface area contributed by atoms with Crippen LogP contribution in [0.5, 0.6) is 0 Å². The average Bonchev–Trinajstić information content (AvgIpc) is 3.18. The summed E-state index contributed by atoms with van der Waals surface area (Å²) in [6, 6.07) is 7.75. The molecule has 2 fully saturated rings. The number of nitrogens with two attached hydrogens (primary N) is 1. The Bertz CT molecular complexity index is 676. The van der Waals surface area contributed by atoms with Crippen molar-refractivity contribution in [1.29, 1.82) is 0 Å². The van der Waals surface area contributed by atoms with Crippen molar-refractivity contribution in [3.05, 3.63) is 35.9 Å². The zero-order valence-corrected chi connectivity index (χ0v) is 15.6. The van der Waals surface area contributed by atoms with E-state index in [1.807, 2.05) is 30.3 Å². The zero-order chi connectivity index (χ0) is 18.0. The fourth-order valence-corrected chi connectivity index (χ4v) is 3.60. The molecule has 1 spiro atoms. The topological polar surface area (TPSA) is 105 Å². The van der Waals surface area contributed by atoms with Gasteiger partial charge in [0, 0.05) is 12.6 Å². The van der Waals surface area contributed by atoms with E-state index in [1.165, 1.54) is 0 Å². The van der Waals surface area contributed by atoms with Gasteiger partial charge in [0.05, 0.1) is 0 Å². The van der Waals surface area contributed by atoms with Gasteiger partial charge in [0.15, 0.2) is 0 Å². The summed E-state index contributed by atoms with van der Waals surface area (Å²) >= 11 is 0. The molecule has 0 aromatic heterocycles. The average molecular weight is 381 g/mol. The lowest BCUT2D eigenvalue weighted by Gasteiger charge is -2.24. The molecule has 142 valence electrons. The summed E-state index contributed by atoms with van der Waals surface area (Å²) in [5.41, 5.74) is 6.18. The van der Waals surface area contributed by atoms with Gasteiger partial charge in [-0.05, 0) is 25.3 Å². The molecule has 1 aliphatic carbocycles. The van der Waals surface area contributed by atoms with E-state index in [4.69, 9.17) is 5.73 Å². The first-order valence-electron chi connectivity index (χ1n) is 8.69. The Hall–Kier alpha value is -2.12.